The molecule has 0 amide bonds. The molecule has 2 rings (SSSR count). The highest BCUT2D eigenvalue weighted by Gasteiger charge is 2.11. The van der Waals surface area contributed by atoms with Crippen LogP contribution < -0.4 is 5.73 Å². The van der Waals surface area contributed by atoms with Crippen LogP contribution in [0, 0.1) is 6.92 Å². The fourth-order valence-electron chi connectivity index (χ4n) is 1.62. The number of benzene rings is 1. The molecule has 0 aliphatic heterocycles. The Morgan fingerprint density at radius 1 is 1.35 bits per heavy atom. The Labute approximate surface area is 99.8 Å². The van der Waals surface area contributed by atoms with E-state index in [0.717, 1.165) is 17.8 Å². The quantitative estimate of drug-likeness (QED) is 0.813. The summed E-state index contributed by atoms with van der Waals surface area (Å²) in [4.78, 5) is 4.31. The summed E-state index contributed by atoms with van der Waals surface area (Å²) in [5.41, 5.74) is 7.01. The van der Waals surface area contributed by atoms with Gasteiger partial charge in [0.2, 0.25) is 0 Å². The van der Waals surface area contributed by atoms with Crippen LogP contribution in [0.25, 0.3) is 5.69 Å². The molecule has 1 heterocycles. The normalized spacial score (nSPS) is 11.6. The minimum atomic E-state index is -3.23. The predicted molar refractivity (Wildman–Crippen MR) is 65.8 cm³/mol. The standard InChI is InChI=1S/C11H13N3O2S/c1-8-13-5-6-14(8)11-4-3-9(7-10(11)12)17(2,15)16/h3-7H,12H2,1-2H3. The minimum absolute atomic E-state index is 0.219. The summed E-state index contributed by atoms with van der Waals surface area (Å²) >= 11 is 0. The molecule has 0 spiro atoms. The van der Waals surface area contributed by atoms with Crippen molar-refractivity contribution in [1.29, 1.82) is 0 Å². The summed E-state index contributed by atoms with van der Waals surface area (Å²) in [7, 11) is -3.23. The van der Waals surface area contributed by atoms with Crippen molar-refractivity contribution < 1.29 is 8.42 Å². The zero-order valence-electron chi connectivity index (χ0n) is 9.58. The van der Waals surface area contributed by atoms with Crippen molar-refractivity contribution in [3.05, 3.63) is 36.4 Å². The van der Waals surface area contributed by atoms with Gasteiger partial charge in [-0.25, -0.2) is 13.4 Å². The second-order valence-corrected chi connectivity index (χ2v) is 5.85. The van der Waals surface area contributed by atoms with Gasteiger partial charge in [0.05, 0.1) is 16.3 Å². The smallest absolute Gasteiger partial charge is 0.175 e. The van der Waals surface area contributed by atoms with E-state index in [1.807, 2.05) is 6.92 Å². The molecule has 90 valence electrons. The average Bonchev–Trinajstić information content (AvgIpc) is 2.63. The maximum Gasteiger partial charge on any atom is 0.175 e. The Morgan fingerprint density at radius 3 is 2.53 bits per heavy atom. The lowest BCUT2D eigenvalue weighted by molar-refractivity contribution is 0.602. The summed E-state index contributed by atoms with van der Waals surface area (Å²) in [6, 6.07) is 4.69. The number of nitrogens with two attached hydrogens (primary N) is 1. The van der Waals surface area contributed by atoms with Crippen LogP contribution in [0.5, 0.6) is 0 Å². The summed E-state index contributed by atoms with van der Waals surface area (Å²) in [5, 5.41) is 0. The minimum Gasteiger partial charge on any atom is -0.397 e. The zero-order valence-corrected chi connectivity index (χ0v) is 10.4. The number of hydrogen-bond donors (Lipinski definition) is 1. The molecule has 0 fully saturated rings. The van der Waals surface area contributed by atoms with Crippen molar-refractivity contribution in [1.82, 2.24) is 9.55 Å². The second kappa shape index (κ2) is 3.89. The maximum absolute atomic E-state index is 11.4. The number of nitrogens with zero attached hydrogens (tertiary/aromatic N) is 2. The maximum atomic E-state index is 11.4. The fourth-order valence-corrected chi connectivity index (χ4v) is 2.27. The van der Waals surface area contributed by atoms with Crippen molar-refractivity contribution in [2.75, 3.05) is 12.0 Å². The van der Waals surface area contributed by atoms with Crippen LogP contribution in [-0.4, -0.2) is 24.2 Å². The number of aryl methyl sites for hydroxylation is 1. The van der Waals surface area contributed by atoms with E-state index in [1.54, 1.807) is 29.1 Å². The van der Waals surface area contributed by atoms with Crippen molar-refractivity contribution in [3.63, 3.8) is 0 Å². The lowest BCUT2D eigenvalue weighted by Crippen LogP contribution is -2.04. The molecule has 0 atom stereocenters. The lowest BCUT2D eigenvalue weighted by atomic mass is 10.2. The monoisotopic (exact) mass is 251 g/mol. The first kappa shape index (κ1) is 11.7. The molecular formula is C11H13N3O2S. The molecular weight excluding hydrogens is 238 g/mol. The first-order chi connectivity index (χ1) is 7.89. The van der Waals surface area contributed by atoms with Crippen molar-refractivity contribution in [2.45, 2.75) is 11.8 Å². The van der Waals surface area contributed by atoms with Crippen LogP contribution in [0.2, 0.25) is 0 Å². The van der Waals surface area contributed by atoms with Crippen molar-refractivity contribution >= 4 is 15.5 Å². The highest BCUT2D eigenvalue weighted by Crippen LogP contribution is 2.22. The Kier molecular flexibility index (Phi) is 2.66. The van der Waals surface area contributed by atoms with E-state index >= 15 is 0 Å². The van der Waals surface area contributed by atoms with E-state index in [-0.39, 0.29) is 4.90 Å². The number of aromatic nitrogens is 2. The highest BCUT2D eigenvalue weighted by molar-refractivity contribution is 7.90. The van der Waals surface area contributed by atoms with Crippen LogP contribution >= 0.6 is 0 Å². The molecule has 5 nitrogen and oxygen atoms in total. The third-order valence-corrected chi connectivity index (χ3v) is 3.62. The predicted octanol–water partition coefficient (Wildman–Crippen LogP) is 1.17. The number of rotatable bonds is 2. The molecule has 2 N–H and O–H groups in total. The molecule has 0 saturated heterocycles. The van der Waals surface area contributed by atoms with Gasteiger partial charge < -0.3 is 10.3 Å². The molecule has 2 aromatic rings. The van der Waals surface area contributed by atoms with Gasteiger partial charge in [-0.2, -0.15) is 0 Å². The van der Waals surface area contributed by atoms with E-state index in [2.05, 4.69) is 4.98 Å². The van der Waals surface area contributed by atoms with Gasteiger partial charge in [-0.3, -0.25) is 0 Å². The van der Waals surface area contributed by atoms with Crippen LogP contribution in [0.15, 0.2) is 35.5 Å². The third-order valence-electron chi connectivity index (χ3n) is 2.51. The van der Waals surface area contributed by atoms with E-state index in [1.165, 1.54) is 6.07 Å². The molecule has 0 saturated carbocycles. The zero-order chi connectivity index (χ0) is 12.6. The number of anilines is 1. The van der Waals surface area contributed by atoms with Gasteiger partial charge in [0, 0.05) is 18.6 Å². The summed E-state index contributed by atoms with van der Waals surface area (Å²) in [6.45, 7) is 1.85. The van der Waals surface area contributed by atoms with Crippen LogP contribution in [0.1, 0.15) is 5.82 Å². The Bertz CT molecular complexity index is 659. The van der Waals surface area contributed by atoms with Gasteiger partial charge in [0.1, 0.15) is 5.82 Å². The number of nitrogen functional groups attached to an aromatic ring is 1. The van der Waals surface area contributed by atoms with Gasteiger partial charge in [-0.15, -0.1) is 0 Å². The molecule has 0 aliphatic carbocycles. The average molecular weight is 251 g/mol. The molecule has 0 bridgehead atoms. The second-order valence-electron chi connectivity index (χ2n) is 3.84. The van der Waals surface area contributed by atoms with Gasteiger partial charge >= 0.3 is 0 Å². The van der Waals surface area contributed by atoms with Gasteiger partial charge in [0.25, 0.3) is 0 Å². The van der Waals surface area contributed by atoms with Gasteiger partial charge in [0.15, 0.2) is 9.84 Å². The molecule has 17 heavy (non-hydrogen) atoms. The number of sulfone groups is 1. The Balaban J connectivity index is 2.57. The highest BCUT2D eigenvalue weighted by atomic mass is 32.2. The summed E-state index contributed by atoms with van der Waals surface area (Å²) in [6.07, 6.45) is 4.60. The van der Waals surface area contributed by atoms with Crippen LogP contribution in [-0.2, 0) is 9.84 Å². The van der Waals surface area contributed by atoms with E-state index < -0.39 is 9.84 Å². The molecule has 0 unspecified atom stereocenters. The molecule has 1 aromatic carbocycles. The van der Waals surface area contributed by atoms with E-state index in [4.69, 9.17) is 5.73 Å². The van der Waals surface area contributed by atoms with Gasteiger partial charge in [-0.1, -0.05) is 0 Å². The molecule has 1 aromatic heterocycles. The van der Waals surface area contributed by atoms with Crippen molar-refractivity contribution in [2.24, 2.45) is 0 Å². The molecule has 6 heteroatoms. The Morgan fingerprint density at radius 2 is 2.06 bits per heavy atom. The first-order valence-corrected chi connectivity index (χ1v) is 6.88. The van der Waals surface area contributed by atoms with Crippen molar-refractivity contribution in [3.8, 4) is 5.69 Å². The Hall–Kier alpha value is -1.82. The summed E-state index contributed by atoms with van der Waals surface area (Å²) < 4.78 is 24.6. The van der Waals surface area contributed by atoms with Crippen LogP contribution in [0.3, 0.4) is 0 Å². The van der Waals surface area contributed by atoms with E-state index in [0.29, 0.717) is 5.69 Å². The topological polar surface area (TPSA) is 78.0 Å². The third kappa shape index (κ3) is 2.16. The van der Waals surface area contributed by atoms with E-state index in [9.17, 15) is 8.42 Å². The summed E-state index contributed by atoms with van der Waals surface area (Å²) in [5.74, 6) is 0.795. The molecule has 0 aliphatic rings. The lowest BCUT2D eigenvalue weighted by Gasteiger charge is -2.09. The molecule has 0 radical (unpaired) electrons. The van der Waals surface area contributed by atoms with Gasteiger partial charge in [-0.05, 0) is 25.1 Å². The largest absolute Gasteiger partial charge is 0.397 e. The number of imidazole rings is 1. The van der Waals surface area contributed by atoms with Crippen LogP contribution in [0.4, 0.5) is 5.69 Å². The number of hydrogen-bond acceptors (Lipinski definition) is 4. The fraction of sp³-hybridized carbons (Fsp3) is 0.182. The first-order valence-electron chi connectivity index (χ1n) is 4.99. The SMILES string of the molecule is Cc1nccn1-c1ccc(S(C)(=O)=O)cc1N.